The number of aromatic nitrogens is 4. The van der Waals surface area contributed by atoms with Crippen molar-refractivity contribution in [3.63, 3.8) is 0 Å². The van der Waals surface area contributed by atoms with Gasteiger partial charge in [0.25, 0.3) is 0 Å². The standard InChI is InChI=1S/C15H12N4O3/c1-21-15(20)11-3-5-12(6-4-11)22-14-8-7-13(17-18-14)19-10-2-9-16-19/h2-10H,1H3. The Hall–Kier alpha value is -3.22. The molecule has 0 spiro atoms. The number of rotatable bonds is 4. The lowest BCUT2D eigenvalue weighted by atomic mass is 10.2. The smallest absolute Gasteiger partial charge is 0.337 e. The van der Waals surface area contributed by atoms with Crippen LogP contribution in [-0.4, -0.2) is 33.1 Å². The van der Waals surface area contributed by atoms with Crippen molar-refractivity contribution < 1.29 is 14.3 Å². The SMILES string of the molecule is COC(=O)c1ccc(Oc2ccc(-n3cccn3)nn2)cc1. The van der Waals surface area contributed by atoms with Crippen molar-refractivity contribution in [2.45, 2.75) is 0 Å². The Morgan fingerprint density at radius 1 is 1.09 bits per heavy atom. The zero-order chi connectivity index (χ0) is 15.4. The average Bonchev–Trinajstić information content (AvgIpc) is 3.10. The van der Waals surface area contributed by atoms with E-state index >= 15 is 0 Å². The predicted octanol–water partition coefficient (Wildman–Crippen LogP) is 2.24. The van der Waals surface area contributed by atoms with Gasteiger partial charge in [0.15, 0.2) is 5.82 Å². The molecule has 0 saturated heterocycles. The number of carbonyl (C=O) groups is 1. The third kappa shape index (κ3) is 2.93. The first-order valence-corrected chi connectivity index (χ1v) is 6.46. The van der Waals surface area contributed by atoms with Crippen LogP contribution in [0.15, 0.2) is 54.9 Å². The summed E-state index contributed by atoms with van der Waals surface area (Å²) >= 11 is 0. The van der Waals surface area contributed by atoms with Crippen LogP contribution in [-0.2, 0) is 4.74 Å². The topological polar surface area (TPSA) is 79.1 Å². The summed E-state index contributed by atoms with van der Waals surface area (Å²) in [7, 11) is 1.34. The lowest BCUT2D eigenvalue weighted by Gasteiger charge is -2.05. The molecule has 0 atom stereocenters. The molecule has 0 N–H and O–H groups in total. The summed E-state index contributed by atoms with van der Waals surface area (Å²) in [5.41, 5.74) is 0.454. The molecule has 0 fully saturated rings. The van der Waals surface area contributed by atoms with E-state index in [1.807, 2.05) is 0 Å². The van der Waals surface area contributed by atoms with Crippen molar-refractivity contribution in [2.24, 2.45) is 0 Å². The van der Waals surface area contributed by atoms with Gasteiger partial charge in [0.1, 0.15) is 5.75 Å². The molecule has 1 aromatic carbocycles. The molecule has 0 bridgehead atoms. The molecule has 2 heterocycles. The molecule has 110 valence electrons. The predicted molar refractivity (Wildman–Crippen MR) is 77.0 cm³/mol. The Morgan fingerprint density at radius 2 is 1.91 bits per heavy atom. The van der Waals surface area contributed by atoms with Gasteiger partial charge < -0.3 is 9.47 Å². The molecule has 7 nitrogen and oxygen atoms in total. The minimum absolute atomic E-state index is 0.349. The maximum Gasteiger partial charge on any atom is 0.337 e. The van der Waals surface area contributed by atoms with Crippen molar-refractivity contribution in [3.05, 3.63) is 60.4 Å². The van der Waals surface area contributed by atoms with Gasteiger partial charge in [-0.15, -0.1) is 10.2 Å². The van der Waals surface area contributed by atoms with E-state index in [0.717, 1.165) is 0 Å². The van der Waals surface area contributed by atoms with Crippen LogP contribution in [0, 0.1) is 0 Å². The monoisotopic (exact) mass is 296 g/mol. The van der Waals surface area contributed by atoms with E-state index in [0.29, 0.717) is 23.0 Å². The first-order chi connectivity index (χ1) is 10.8. The van der Waals surface area contributed by atoms with Gasteiger partial charge in [-0.1, -0.05) is 0 Å². The largest absolute Gasteiger partial charge is 0.465 e. The maximum atomic E-state index is 11.3. The lowest BCUT2D eigenvalue weighted by molar-refractivity contribution is 0.0600. The number of carbonyl (C=O) groups excluding carboxylic acids is 1. The van der Waals surface area contributed by atoms with E-state index in [4.69, 9.17) is 4.74 Å². The van der Waals surface area contributed by atoms with Crippen LogP contribution in [0.25, 0.3) is 5.82 Å². The first-order valence-electron chi connectivity index (χ1n) is 6.46. The summed E-state index contributed by atoms with van der Waals surface area (Å²) in [6.07, 6.45) is 3.44. The molecule has 2 aromatic heterocycles. The van der Waals surface area contributed by atoms with E-state index in [1.54, 1.807) is 59.5 Å². The summed E-state index contributed by atoms with van der Waals surface area (Å²) < 4.78 is 11.8. The molecule has 3 rings (SSSR count). The molecule has 0 unspecified atom stereocenters. The Balaban J connectivity index is 1.72. The zero-order valence-corrected chi connectivity index (χ0v) is 11.7. The van der Waals surface area contributed by atoms with Gasteiger partial charge in [-0.3, -0.25) is 0 Å². The second-order valence-electron chi connectivity index (χ2n) is 4.30. The molecular formula is C15H12N4O3. The Bertz CT molecular complexity index is 752. The molecule has 0 radical (unpaired) electrons. The van der Waals surface area contributed by atoms with Crippen LogP contribution in [0.4, 0.5) is 0 Å². The Kier molecular flexibility index (Phi) is 3.78. The second kappa shape index (κ2) is 6.04. The summed E-state index contributed by atoms with van der Waals surface area (Å²) in [5.74, 6) is 1.10. The lowest BCUT2D eigenvalue weighted by Crippen LogP contribution is -2.01. The number of ether oxygens (including phenoxy) is 2. The average molecular weight is 296 g/mol. The third-order valence-electron chi connectivity index (χ3n) is 2.86. The van der Waals surface area contributed by atoms with Gasteiger partial charge in [-0.2, -0.15) is 5.10 Å². The van der Waals surface area contributed by atoms with Crippen molar-refractivity contribution in [2.75, 3.05) is 7.11 Å². The minimum Gasteiger partial charge on any atom is -0.465 e. The molecule has 22 heavy (non-hydrogen) atoms. The quantitative estimate of drug-likeness (QED) is 0.687. The maximum absolute atomic E-state index is 11.3. The number of esters is 1. The number of benzene rings is 1. The fraction of sp³-hybridized carbons (Fsp3) is 0.0667. The van der Waals surface area contributed by atoms with Gasteiger partial charge in [0.2, 0.25) is 5.88 Å². The van der Waals surface area contributed by atoms with E-state index in [1.165, 1.54) is 7.11 Å². The molecule has 3 aromatic rings. The highest BCUT2D eigenvalue weighted by Crippen LogP contribution is 2.19. The normalized spacial score (nSPS) is 10.2. The van der Waals surface area contributed by atoms with Crippen LogP contribution in [0.1, 0.15) is 10.4 Å². The van der Waals surface area contributed by atoms with Crippen LogP contribution in [0.2, 0.25) is 0 Å². The van der Waals surface area contributed by atoms with Gasteiger partial charge in [-0.05, 0) is 36.4 Å². The van der Waals surface area contributed by atoms with Crippen LogP contribution in [0.3, 0.4) is 0 Å². The molecule has 0 aliphatic heterocycles. The number of hydrogen-bond acceptors (Lipinski definition) is 6. The zero-order valence-electron chi connectivity index (χ0n) is 11.7. The van der Waals surface area contributed by atoms with Crippen molar-refractivity contribution >= 4 is 5.97 Å². The van der Waals surface area contributed by atoms with Crippen molar-refractivity contribution in [1.29, 1.82) is 0 Å². The van der Waals surface area contributed by atoms with E-state index in [2.05, 4.69) is 20.0 Å². The van der Waals surface area contributed by atoms with Crippen LogP contribution >= 0.6 is 0 Å². The number of hydrogen-bond donors (Lipinski definition) is 0. The highest BCUT2D eigenvalue weighted by atomic mass is 16.5. The Morgan fingerprint density at radius 3 is 2.50 bits per heavy atom. The molecule has 0 saturated carbocycles. The second-order valence-corrected chi connectivity index (χ2v) is 4.30. The van der Waals surface area contributed by atoms with Gasteiger partial charge in [0, 0.05) is 18.5 Å². The van der Waals surface area contributed by atoms with Crippen molar-refractivity contribution in [3.8, 4) is 17.4 Å². The van der Waals surface area contributed by atoms with Crippen molar-refractivity contribution in [1.82, 2.24) is 20.0 Å². The molecular weight excluding hydrogens is 284 g/mol. The fourth-order valence-electron chi connectivity index (χ4n) is 1.79. The minimum atomic E-state index is -0.394. The fourth-order valence-corrected chi connectivity index (χ4v) is 1.79. The molecule has 7 heteroatoms. The molecule has 0 aliphatic carbocycles. The summed E-state index contributed by atoms with van der Waals surface area (Å²) in [4.78, 5) is 11.3. The molecule has 0 aliphatic rings. The van der Waals surface area contributed by atoms with Gasteiger partial charge in [0.05, 0.1) is 12.7 Å². The Labute approximate surface area is 126 Å². The summed E-state index contributed by atoms with van der Waals surface area (Å²) in [6.45, 7) is 0. The first kappa shape index (κ1) is 13.7. The van der Waals surface area contributed by atoms with Crippen LogP contribution < -0.4 is 4.74 Å². The highest BCUT2D eigenvalue weighted by Gasteiger charge is 2.06. The third-order valence-corrected chi connectivity index (χ3v) is 2.86. The highest BCUT2D eigenvalue weighted by molar-refractivity contribution is 5.89. The summed E-state index contributed by atoms with van der Waals surface area (Å²) in [6, 6.07) is 11.8. The number of nitrogens with zero attached hydrogens (tertiary/aromatic N) is 4. The van der Waals surface area contributed by atoms with Gasteiger partial charge >= 0.3 is 5.97 Å². The van der Waals surface area contributed by atoms with Crippen LogP contribution in [0.5, 0.6) is 11.6 Å². The van der Waals surface area contributed by atoms with E-state index in [9.17, 15) is 4.79 Å². The van der Waals surface area contributed by atoms with Gasteiger partial charge in [-0.25, -0.2) is 9.48 Å². The van der Waals surface area contributed by atoms with E-state index in [-0.39, 0.29) is 0 Å². The number of methoxy groups -OCH3 is 1. The molecule has 0 amide bonds. The summed E-state index contributed by atoms with van der Waals surface area (Å²) in [5, 5.41) is 12.1. The van der Waals surface area contributed by atoms with E-state index < -0.39 is 5.97 Å².